The van der Waals surface area contributed by atoms with E-state index in [2.05, 4.69) is 17.2 Å². The van der Waals surface area contributed by atoms with Crippen LogP contribution in [0.1, 0.15) is 19.0 Å². The maximum absolute atomic E-state index is 12.8. The molecule has 0 aliphatic carbocycles. The number of benzene rings is 1. The van der Waals surface area contributed by atoms with Crippen molar-refractivity contribution in [3.8, 4) is 5.75 Å². The van der Waals surface area contributed by atoms with Crippen LogP contribution in [0.15, 0.2) is 36.4 Å². The minimum Gasteiger partial charge on any atom is -0.487 e. The van der Waals surface area contributed by atoms with E-state index < -0.39 is 0 Å². The maximum Gasteiger partial charge on any atom is 0.132 e. The summed E-state index contributed by atoms with van der Waals surface area (Å²) in [5, 5.41) is 3.74. The summed E-state index contributed by atoms with van der Waals surface area (Å²) in [5.74, 6) is 1.06. The smallest absolute Gasteiger partial charge is 0.132 e. The first-order valence-electron chi connectivity index (χ1n) is 6.46. The lowest BCUT2D eigenvalue weighted by atomic mass is 10.3. The Morgan fingerprint density at radius 2 is 1.95 bits per heavy atom. The SMILES string of the molecule is CCCNc1ccc(Cl)c(COc2ccc(F)cc2)n1. The Morgan fingerprint density at radius 3 is 2.65 bits per heavy atom. The molecule has 0 bridgehead atoms. The van der Waals surface area contributed by atoms with Crippen LogP contribution < -0.4 is 10.1 Å². The lowest BCUT2D eigenvalue weighted by Crippen LogP contribution is -2.05. The number of pyridine rings is 1. The van der Waals surface area contributed by atoms with Gasteiger partial charge in [-0.25, -0.2) is 9.37 Å². The standard InChI is InChI=1S/C15H16ClFN2O/c1-2-9-18-15-8-7-13(16)14(19-15)10-20-12-5-3-11(17)4-6-12/h3-8H,2,9-10H2,1H3,(H,18,19). The molecule has 106 valence electrons. The highest BCUT2D eigenvalue weighted by Crippen LogP contribution is 2.19. The van der Waals surface area contributed by atoms with Crippen LogP contribution in [0.4, 0.5) is 10.2 Å². The molecule has 0 aliphatic rings. The van der Waals surface area contributed by atoms with E-state index in [1.165, 1.54) is 12.1 Å². The lowest BCUT2D eigenvalue weighted by Gasteiger charge is -2.10. The number of rotatable bonds is 6. The van der Waals surface area contributed by atoms with Gasteiger partial charge >= 0.3 is 0 Å². The summed E-state index contributed by atoms with van der Waals surface area (Å²) in [5.41, 5.74) is 0.650. The van der Waals surface area contributed by atoms with E-state index in [9.17, 15) is 4.39 Å². The number of hydrogen-bond acceptors (Lipinski definition) is 3. The normalized spacial score (nSPS) is 10.3. The molecule has 0 saturated heterocycles. The monoisotopic (exact) mass is 294 g/mol. The van der Waals surface area contributed by atoms with Gasteiger partial charge in [-0.1, -0.05) is 18.5 Å². The summed E-state index contributed by atoms with van der Waals surface area (Å²) in [6.07, 6.45) is 1.02. The first kappa shape index (κ1) is 14.6. The zero-order chi connectivity index (χ0) is 14.4. The zero-order valence-electron chi connectivity index (χ0n) is 11.2. The molecule has 5 heteroatoms. The lowest BCUT2D eigenvalue weighted by molar-refractivity contribution is 0.301. The Balaban J connectivity index is 2.02. The number of nitrogens with zero attached hydrogens (tertiary/aromatic N) is 1. The average Bonchev–Trinajstić information content (AvgIpc) is 2.46. The summed E-state index contributed by atoms with van der Waals surface area (Å²) in [6, 6.07) is 9.47. The summed E-state index contributed by atoms with van der Waals surface area (Å²) in [4.78, 5) is 4.40. The Kier molecular flexibility index (Phi) is 5.18. The number of hydrogen-bond donors (Lipinski definition) is 1. The largest absolute Gasteiger partial charge is 0.487 e. The highest BCUT2D eigenvalue weighted by Gasteiger charge is 2.05. The number of halogens is 2. The van der Waals surface area contributed by atoms with Crippen molar-refractivity contribution >= 4 is 17.4 Å². The number of nitrogens with one attached hydrogen (secondary N) is 1. The van der Waals surface area contributed by atoms with E-state index in [1.807, 2.05) is 6.07 Å². The molecule has 3 nitrogen and oxygen atoms in total. The van der Waals surface area contributed by atoms with E-state index in [0.717, 1.165) is 18.8 Å². The van der Waals surface area contributed by atoms with Gasteiger partial charge in [0.15, 0.2) is 0 Å². The van der Waals surface area contributed by atoms with Gasteiger partial charge in [0.05, 0.1) is 10.7 Å². The highest BCUT2D eigenvalue weighted by atomic mass is 35.5. The Bertz CT molecular complexity index is 560. The molecule has 0 radical (unpaired) electrons. The molecule has 0 atom stereocenters. The minimum absolute atomic E-state index is 0.242. The van der Waals surface area contributed by atoms with E-state index in [0.29, 0.717) is 16.5 Å². The van der Waals surface area contributed by atoms with Gasteiger partial charge in [-0.3, -0.25) is 0 Å². The van der Waals surface area contributed by atoms with E-state index in [1.54, 1.807) is 18.2 Å². The fraction of sp³-hybridized carbons (Fsp3) is 0.267. The number of anilines is 1. The van der Waals surface area contributed by atoms with Crippen molar-refractivity contribution < 1.29 is 9.13 Å². The van der Waals surface area contributed by atoms with Crippen LogP contribution in [0, 0.1) is 5.82 Å². The van der Waals surface area contributed by atoms with Crippen LogP contribution in [0.5, 0.6) is 5.75 Å². The molecule has 0 fully saturated rings. The molecule has 0 amide bonds. The van der Waals surface area contributed by atoms with Crippen molar-refractivity contribution in [2.24, 2.45) is 0 Å². The van der Waals surface area contributed by atoms with Crippen molar-refractivity contribution in [3.63, 3.8) is 0 Å². The molecule has 1 aromatic heterocycles. The van der Waals surface area contributed by atoms with Crippen molar-refractivity contribution in [2.75, 3.05) is 11.9 Å². The topological polar surface area (TPSA) is 34.1 Å². The highest BCUT2D eigenvalue weighted by molar-refractivity contribution is 6.31. The number of ether oxygens (including phenoxy) is 1. The van der Waals surface area contributed by atoms with Crippen LogP contribution >= 0.6 is 11.6 Å². The van der Waals surface area contributed by atoms with Crippen LogP contribution in [0.2, 0.25) is 5.02 Å². The number of aromatic nitrogens is 1. The van der Waals surface area contributed by atoms with Crippen molar-refractivity contribution in [3.05, 3.63) is 52.9 Å². The second-order valence-corrected chi connectivity index (χ2v) is 4.70. The third-order valence-corrected chi connectivity index (χ3v) is 3.01. The predicted octanol–water partition coefficient (Wildman–Crippen LogP) is 4.28. The van der Waals surface area contributed by atoms with Gasteiger partial charge in [-0.2, -0.15) is 0 Å². The molecule has 2 aromatic rings. The van der Waals surface area contributed by atoms with Crippen LogP contribution in [-0.2, 0) is 6.61 Å². The molecule has 1 aromatic carbocycles. The molecule has 0 saturated carbocycles. The van der Waals surface area contributed by atoms with Crippen molar-refractivity contribution in [2.45, 2.75) is 20.0 Å². The quantitative estimate of drug-likeness (QED) is 0.863. The molecule has 1 N–H and O–H groups in total. The zero-order valence-corrected chi connectivity index (χ0v) is 12.0. The molecule has 2 rings (SSSR count). The van der Waals surface area contributed by atoms with Crippen molar-refractivity contribution in [1.82, 2.24) is 4.98 Å². The third-order valence-electron chi connectivity index (χ3n) is 2.66. The second-order valence-electron chi connectivity index (χ2n) is 4.29. The first-order valence-corrected chi connectivity index (χ1v) is 6.84. The van der Waals surface area contributed by atoms with Gasteiger partial charge < -0.3 is 10.1 Å². The second kappa shape index (κ2) is 7.10. The van der Waals surface area contributed by atoms with Gasteiger partial charge in [0.1, 0.15) is 24.0 Å². The average molecular weight is 295 g/mol. The molecular weight excluding hydrogens is 279 g/mol. The van der Waals surface area contributed by atoms with Gasteiger partial charge in [0.2, 0.25) is 0 Å². The Labute approximate surface area is 122 Å². The third kappa shape index (κ3) is 4.10. The van der Waals surface area contributed by atoms with E-state index in [4.69, 9.17) is 16.3 Å². The fourth-order valence-electron chi connectivity index (χ4n) is 1.62. The molecule has 0 aliphatic heterocycles. The fourth-order valence-corrected chi connectivity index (χ4v) is 1.78. The van der Waals surface area contributed by atoms with Crippen LogP contribution in [0.3, 0.4) is 0 Å². The van der Waals surface area contributed by atoms with Crippen LogP contribution in [0.25, 0.3) is 0 Å². The molecule has 20 heavy (non-hydrogen) atoms. The predicted molar refractivity (Wildman–Crippen MR) is 78.8 cm³/mol. The summed E-state index contributed by atoms with van der Waals surface area (Å²) in [7, 11) is 0. The van der Waals surface area contributed by atoms with Gasteiger partial charge in [-0.15, -0.1) is 0 Å². The molecular formula is C15H16ClFN2O. The summed E-state index contributed by atoms with van der Waals surface area (Å²) < 4.78 is 18.3. The van der Waals surface area contributed by atoms with Gasteiger partial charge in [0, 0.05) is 6.54 Å². The maximum atomic E-state index is 12.8. The molecule has 0 spiro atoms. The van der Waals surface area contributed by atoms with Crippen LogP contribution in [-0.4, -0.2) is 11.5 Å². The molecule has 1 heterocycles. The van der Waals surface area contributed by atoms with E-state index >= 15 is 0 Å². The summed E-state index contributed by atoms with van der Waals surface area (Å²) >= 11 is 6.09. The first-order chi connectivity index (χ1) is 9.69. The van der Waals surface area contributed by atoms with Gasteiger partial charge in [-0.05, 0) is 42.8 Å². The van der Waals surface area contributed by atoms with Gasteiger partial charge in [0.25, 0.3) is 0 Å². The van der Waals surface area contributed by atoms with Crippen molar-refractivity contribution in [1.29, 1.82) is 0 Å². The van der Waals surface area contributed by atoms with E-state index in [-0.39, 0.29) is 12.4 Å². The molecule has 0 unspecified atom stereocenters. The Hall–Kier alpha value is -1.81. The Morgan fingerprint density at radius 1 is 1.20 bits per heavy atom. The summed E-state index contributed by atoms with van der Waals surface area (Å²) in [6.45, 7) is 3.18. The minimum atomic E-state index is -0.292.